The molecule has 35 heavy (non-hydrogen) atoms. The number of pyridine rings is 1. The van der Waals surface area contributed by atoms with Crippen LogP contribution >= 0.6 is 11.3 Å². The number of nitrogens with zero attached hydrogens (tertiary/aromatic N) is 2. The first-order chi connectivity index (χ1) is 16.7. The highest BCUT2D eigenvalue weighted by atomic mass is 32.1. The second kappa shape index (κ2) is 9.71. The molecule has 0 aliphatic rings. The number of carbonyl (C=O) groups is 2. The van der Waals surface area contributed by atoms with Gasteiger partial charge in [-0.25, -0.2) is 9.78 Å². The van der Waals surface area contributed by atoms with Crippen LogP contribution in [0.15, 0.2) is 53.3 Å². The van der Waals surface area contributed by atoms with Crippen LogP contribution in [0.25, 0.3) is 32.5 Å². The van der Waals surface area contributed by atoms with Crippen molar-refractivity contribution in [1.29, 1.82) is 0 Å². The molecule has 0 saturated heterocycles. The molecule has 2 aromatic carbocycles. The van der Waals surface area contributed by atoms with Crippen LogP contribution in [0.5, 0.6) is 5.88 Å². The Kier molecular flexibility index (Phi) is 6.70. The van der Waals surface area contributed by atoms with E-state index in [1.165, 1.54) is 23.0 Å². The monoisotopic (exact) mass is 490 g/mol. The highest BCUT2D eigenvalue weighted by Gasteiger charge is 2.23. The number of carbonyl (C=O) groups excluding carboxylic acids is 2. The number of rotatable bonds is 6. The number of aromatic nitrogens is 2. The summed E-state index contributed by atoms with van der Waals surface area (Å²) in [7, 11) is 1.47. The Bertz CT molecular complexity index is 1490. The van der Waals surface area contributed by atoms with E-state index in [1.54, 1.807) is 19.1 Å². The highest BCUT2D eigenvalue weighted by Crippen LogP contribution is 2.38. The minimum absolute atomic E-state index is 0.130. The van der Waals surface area contributed by atoms with Crippen LogP contribution in [0.1, 0.15) is 29.2 Å². The number of benzene rings is 2. The summed E-state index contributed by atoms with van der Waals surface area (Å²) in [6.07, 6.45) is -0.670. The topological polar surface area (TPSA) is 116 Å². The Morgan fingerprint density at radius 1 is 1.11 bits per heavy atom. The normalized spacial score (nSPS) is 11.1. The fourth-order valence-corrected chi connectivity index (χ4v) is 4.88. The number of ether oxygens (including phenoxy) is 1. The van der Waals surface area contributed by atoms with Gasteiger partial charge < -0.3 is 15.8 Å². The Labute approximate surface area is 206 Å². The van der Waals surface area contributed by atoms with E-state index < -0.39 is 12.0 Å². The van der Waals surface area contributed by atoms with E-state index >= 15 is 0 Å². The summed E-state index contributed by atoms with van der Waals surface area (Å²) in [6, 6.07) is 14.9. The van der Waals surface area contributed by atoms with Gasteiger partial charge in [0.2, 0.25) is 5.88 Å². The van der Waals surface area contributed by atoms with Crippen molar-refractivity contribution in [2.24, 2.45) is 11.7 Å². The van der Waals surface area contributed by atoms with E-state index in [0.717, 1.165) is 11.1 Å². The first-order valence-corrected chi connectivity index (χ1v) is 12.0. The van der Waals surface area contributed by atoms with Gasteiger partial charge in [-0.15, -0.1) is 11.3 Å². The molecule has 2 aromatic heterocycles. The summed E-state index contributed by atoms with van der Waals surface area (Å²) >= 11 is 1.20. The summed E-state index contributed by atoms with van der Waals surface area (Å²) in [5.74, 6) is -0.229. The lowest BCUT2D eigenvalue weighted by atomic mass is 9.97. The molecule has 0 aliphatic heterocycles. The number of aryl methyl sites for hydroxylation is 1. The molecular formula is C26H26N4O4S. The fourth-order valence-electron chi connectivity index (χ4n) is 3.97. The van der Waals surface area contributed by atoms with Crippen LogP contribution in [0, 0.1) is 12.8 Å². The number of hydrogen-bond acceptors (Lipinski definition) is 6. The Morgan fingerprint density at radius 3 is 2.43 bits per heavy atom. The van der Waals surface area contributed by atoms with Gasteiger partial charge in [-0.1, -0.05) is 50.2 Å². The number of hydrogen-bond donors (Lipinski definition) is 2. The van der Waals surface area contributed by atoms with E-state index in [0.29, 0.717) is 38.5 Å². The summed E-state index contributed by atoms with van der Waals surface area (Å²) in [6.45, 7) is 6.09. The first-order valence-electron chi connectivity index (χ1n) is 11.1. The van der Waals surface area contributed by atoms with Crippen molar-refractivity contribution < 1.29 is 14.3 Å². The van der Waals surface area contributed by atoms with Gasteiger partial charge in [0.1, 0.15) is 9.88 Å². The zero-order chi connectivity index (χ0) is 25.3. The predicted molar refractivity (Wildman–Crippen MR) is 138 cm³/mol. The molecule has 2 heterocycles. The molecule has 9 heteroatoms. The molecule has 4 rings (SSSR count). The third-order valence-electron chi connectivity index (χ3n) is 5.49. The van der Waals surface area contributed by atoms with Gasteiger partial charge in [0.05, 0.1) is 11.3 Å². The first kappa shape index (κ1) is 24.2. The molecule has 0 radical (unpaired) electrons. The third kappa shape index (κ3) is 4.67. The number of amides is 2. The maximum absolute atomic E-state index is 13.6. The van der Waals surface area contributed by atoms with Crippen molar-refractivity contribution in [2.75, 3.05) is 7.05 Å². The molecule has 4 aromatic rings. The molecule has 3 N–H and O–H groups in total. The predicted octanol–water partition coefficient (Wildman–Crippen LogP) is 4.57. The SMILES string of the molecule is CNC(=O)Oc1c(-c2ccccc2)c2cc(-c3nc(C)c(C(N)=O)s3)ccc2c(=O)n1CC(C)C. The van der Waals surface area contributed by atoms with Crippen LogP contribution in [0.4, 0.5) is 4.79 Å². The van der Waals surface area contributed by atoms with Crippen molar-refractivity contribution in [2.45, 2.75) is 27.3 Å². The summed E-state index contributed by atoms with van der Waals surface area (Å²) in [4.78, 5) is 42.6. The molecule has 0 spiro atoms. The quantitative estimate of drug-likeness (QED) is 0.411. The number of nitrogens with two attached hydrogens (primary N) is 1. The van der Waals surface area contributed by atoms with Crippen LogP contribution in [-0.2, 0) is 6.54 Å². The van der Waals surface area contributed by atoms with Crippen molar-refractivity contribution in [3.05, 3.63) is 69.5 Å². The molecule has 8 nitrogen and oxygen atoms in total. The summed E-state index contributed by atoms with van der Waals surface area (Å²) in [5.41, 5.74) is 7.92. The lowest BCUT2D eigenvalue weighted by Gasteiger charge is -2.20. The van der Waals surface area contributed by atoms with Crippen LogP contribution in [-0.4, -0.2) is 28.6 Å². The zero-order valence-electron chi connectivity index (χ0n) is 19.9. The molecule has 0 fully saturated rings. The Balaban J connectivity index is 2.09. The summed E-state index contributed by atoms with van der Waals surface area (Å²) < 4.78 is 7.23. The van der Waals surface area contributed by atoms with E-state index in [2.05, 4.69) is 10.3 Å². The van der Waals surface area contributed by atoms with Gasteiger partial charge in [0.15, 0.2) is 0 Å². The smallest absolute Gasteiger partial charge is 0.392 e. The minimum atomic E-state index is -0.670. The fraction of sp³-hybridized carbons (Fsp3) is 0.231. The largest absolute Gasteiger partial charge is 0.413 e. The number of nitrogens with one attached hydrogen (secondary N) is 1. The highest BCUT2D eigenvalue weighted by molar-refractivity contribution is 7.17. The van der Waals surface area contributed by atoms with Crippen LogP contribution in [0.2, 0.25) is 0 Å². The van der Waals surface area contributed by atoms with Gasteiger partial charge in [-0.3, -0.25) is 14.2 Å². The van der Waals surface area contributed by atoms with Gasteiger partial charge >= 0.3 is 6.09 Å². The second-order valence-electron chi connectivity index (χ2n) is 8.55. The molecule has 0 aliphatic carbocycles. The zero-order valence-corrected chi connectivity index (χ0v) is 20.7. The average molecular weight is 491 g/mol. The molecule has 0 atom stereocenters. The van der Waals surface area contributed by atoms with E-state index in [-0.39, 0.29) is 17.4 Å². The standard InChI is InChI=1S/C26H26N4O4S/c1-14(2)13-30-24(32)18-11-10-17(23-29-15(3)21(35-23)22(27)31)12-19(18)20(16-8-6-5-7-9-16)25(30)34-26(33)28-4/h5-12,14H,13H2,1-4H3,(H2,27,31)(H,28,33). The van der Waals surface area contributed by atoms with Gasteiger partial charge in [0.25, 0.3) is 11.5 Å². The number of primary amides is 1. The molecule has 0 unspecified atom stereocenters. The van der Waals surface area contributed by atoms with Gasteiger partial charge in [-0.05, 0) is 30.5 Å². The van der Waals surface area contributed by atoms with Gasteiger partial charge in [0, 0.05) is 29.9 Å². The lowest BCUT2D eigenvalue weighted by Crippen LogP contribution is -2.30. The maximum Gasteiger partial charge on any atom is 0.413 e. The average Bonchev–Trinajstić information content (AvgIpc) is 3.23. The van der Waals surface area contributed by atoms with E-state index in [4.69, 9.17) is 10.5 Å². The third-order valence-corrected chi connectivity index (χ3v) is 6.72. The Hall–Kier alpha value is -3.98. The Morgan fingerprint density at radius 2 is 1.83 bits per heavy atom. The lowest BCUT2D eigenvalue weighted by molar-refractivity contribution is 0.100. The van der Waals surface area contributed by atoms with Crippen molar-refractivity contribution in [3.8, 4) is 27.6 Å². The number of fused-ring (bicyclic) bond motifs is 1. The van der Waals surface area contributed by atoms with Crippen molar-refractivity contribution in [1.82, 2.24) is 14.9 Å². The van der Waals surface area contributed by atoms with Crippen molar-refractivity contribution in [3.63, 3.8) is 0 Å². The second-order valence-corrected chi connectivity index (χ2v) is 9.55. The summed E-state index contributed by atoms with van der Waals surface area (Å²) in [5, 5.41) is 4.18. The minimum Gasteiger partial charge on any atom is -0.392 e. The molecule has 0 saturated carbocycles. The molecule has 0 bridgehead atoms. The molecule has 180 valence electrons. The van der Waals surface area contributed by atoms with Crippen molar-refractivity contribution >= 4 is 34.1 Å². The van der Waals surface area contributed by atoms with E-state index in [9.17, 15) is 14.4 Å². The van der Waals surface area contributed by atoms with E-state index in [1.807, 2.05) is 50.2 Å². The molecular weight excluding hydrogens is 464 g/mol. The van der Waals surface area contributed by atoms with Gasteiger partial charge in [-0.2, -0.15) is 0 Å². The van der Waals surface area contributed by atoms with Crippen LogP contribution < -0.4 is 21.3 Å². The number of thiazole rings is 1. The van der Waals surface area contributed by atoms with Crippen LogP contribution in [0.3, 0.4) is 0 Å². The maximum atomic E-state index is 13.6. The molecule has 2 amide bonds.